The molecule has 0 aliphatic heterocycles. The number of aliphatic hydroxyl groups excluding tert-OH is 1. The SMILES string of the molecule is Cc1cc(C(C)O)ccc1OCc1cccc(F)c1. The van der Waals surface area contributed by atoms with Crippen LogP contribution in [-0.4, -0.2) is 5.11 Å². The fourth-order valence-electron chi connectivity index (χ4n) is 1.88. The molecule has 2 nitrogen and oxygen atoms in total. The van der Waals surface area contributed by atoms with Crippen LogP contribution in [-0.2, 0) is 6.61 Å². The molecule has 2 aromatic rings. The van der Waals surface area contributed by atoms with Crippen molar-refractivity contribution in [2.75, 3.05) is 0 Å². The summed E-state index contributed by atoms with van der Waals surface area (Å²) in [5.41, 5.74) is 2.60. The number of hydrogen-bond donors (Lipinski definition) is 1. The zero-order chi connectivity index (χ0) is 13.8. The monoisotopic (exact) mass is 260 g/mol. The minimum Gasteiger partial charge on any atom is -0.489 e. The van der Waals surface area contributed by atoms with Crippen molar-refractivity contribution < 1.29 is 14.2 Å². The van der Waals surface area contributed by atoms with Crippen LogP contribution in [0.4, 0.5) is 4.39 Å². The van der Waals surface area contributed by atoms with Gasteiger partial charge in [-0.25, -0.2) is 4.39 Å². The number of ether oxygens (including phenoxy) is 1. The average Bonchev–Trinajstić information content (AvgIpc) is 2.37. The topological polar surface area (TPSA) is 29.5 Å². The molecule has 0 aliphatic carbocycles. The predicted molar refractivity (Wildman–Crippen MR) is 72.5 cm³/mol. The van der Waals surface area contributed by atoms with Crippen molar-refractivity contribution >= 4 is 0 Å². The fraction of sp³-hybridized carbons (Fsp3) is 0.250. The summed E-state index contributed by atoms with van der Waals surface area (Å²) in [5.74, 6) is 0.482. The van der Waals surface area contributed by atoms with Gasteiger partial charge in [0.05, 0.1) is 6.10 Å². The van der Waals surface area contributed by atoms with Crippen molar-refractivity contribution in [2.45, 2.75) is 26.6 Å². The van der Waals surface area contributed by atoms with Crippen LogP contribution in [0.3, 0.4) is 0 Å². The molecule has 0 aliphatic rings. The van der Waals surface area contributed by atoms with E-state index >= 15 is 0 Å². The quantitative estimate of drug-likeness (QED) is 0.906. The Morgan fingerprint density at radius 2 is 2.00 bits per heavy atom. The molecule has 19 heavy (non-hydrogen) atoms. The molecule has 0 amide bonds. The first-order chi connectivity index (χ1) is 9.06. The lowest BCUT2D eigenvalue weighted by atomic mass is 10.1. The van der Waals surface area contributed by atoms with Crippen molar-refractivity contribution in [1.29, 1.82) is 0 Å². The first kappa shape index (κ1) is 13.6. The van der Waals surface area contributed by atoms with Gasteiger partial charge in [-0.3, -0.25) is 0 Å². The highest BCUT2D eigenvalue weighted by atomic mass is 19.1. The second-order valence-electron chi connectivity index (χ2n) is 4.62. The summed E-state index contributed by atoms with van der Waals surface area (Å²) in [7, 11) is 0. The van der Waals surface area contributed by atoms with Crippen LogP contribution in [0.5, 0.6) is 5.75 Å². The van der Waals surface area contributed by atoms with Gasteiger partial charge in [0.25, 0.3) is 0 Å². The van der Waals surface area contributed by atoms with E-state index in [1.165, 1.54) is 12.1 Å². The van der Waals surface area contributed by atoms with Gasteiger partial charge in [0.1, 0.15) is 18.2 Å². The summed E-state index contributed by atoms with van der Waals surface area (Å²) in [6, 6.07) is 11.9. The van der Waals surface area contributed by atoms with E-state index in [0.717, 1.165) is 22.4 Å². The predicted octanol–water partition coefficient (Wildman–Crippen LogP) is 3.77. The lowest BCUT2D eigenvalue weighted by molar-refractivity contribution is 0.199. The summed E-state index contributed by atoms with van der Waals surface area (Å²) in [6.07, 6.45) is -0.490. The van der Waals surface area contributed by atoms with E-state index in [-0.39, 0.29) is 5.82 Å². The van der Waals surface area contributed by atoms with Crippen molar-refractivity contribution in [3.05, 3.63) is 65.0 Å². The van der Waals surface area contributed by atoms with Crippen LogP contribution in [0.25, 0.3) is 0 Å². The zero-order valence-electron chi connectivity index (χ0n) is 11.1. The highest BCUT2D eigenvalue weighted by Crippen LogP contribution is 2.23. The van der Waals surface area contributed by atoms with Gasteiger partial charge in [-0.15, -0.1) is 0 Å². The van der Waals surface area contributed by atoms with Crippen LogP contribution in [0.2, 0.25) is 0 Å². The molecule has 2 aromatic carbocycles. The summed E-state index contributed by atoms with van der Waals surface area (Å²) < 4.78 is 18.7. The molecule has 3 heteroatoms. The molecule has 0 fully saturated rings. The largest absolute Gasteiger partial charge is 0.489 e. The number of halogens is 1. The minimum absolute atomic E-state index is 0.262. The molecular formula is C16H17FO2. The van der Waals surface area contributed by atoms with Crippen molar-refractivity contribution in [1.82, 2.24) is 0 Å². The van der Waals surface area contributed by atoms with Gasteiger partial charge in [0.15, 0.2) is 0 Å². The molecule has 1 atom stereocenters. The van der Waals surface area contributed by atoms with Gasteiger partial charge in [-0.2, -0.15) is 0 Å². The third-order valence-corrected chi connectivity index (χ3v) is 2.96. The summed E-state index contributed by atoms with van der Waals surface area (Å²) >= 11 is 0. The summed E-state index contributed by atoms with van der Waals surface area (Å²) in [6.45, 7) is 3.97. The first-order valence-electron chi connectivity index (χ1n) is 6.22. The number of aryl methyl sites for hydroxylation is 1. The number of hydrogen-bond acceptors (Lipinski definition) is 2. The normalized spacial score (nSPS) is 12.2. The molecule has 0 saturated heterocycles. The Kier molecular flexibility index (Phi) is 4.17. The van der Waals surface area contributed by atoms with Gasteiger partial charge >= 0.3 is 0 Å². The van der Waals surface area contributed by atoms with Crippen molar-refractivity contribution in [3.63, 3.8) is 0 Å². The molecule has 0 bridgehead atoms. The maximum absolute atomic E-state index is 13.0. The Bertz CT molecular complexity index is 564. The lowest BCUT2D eigenvalue weighted by Gasteiger charge is -2.12. The van der Waals surface area contributed by atoms with Crippen LogP contribution >= 0.6 is 0 Å². The molecule has 1 N–H and O–H groups in total. The molecule has 0 heterocycles. The fourth-order valence-corrected chi connectivity index (χ4v) is 1.88. The van der Waals surface area contributed by atoms with Gasteiger partial charge in [0.2, 0.25) is 0 Å². The maximum atomic E-state index is 13.0. The van der Waals surface area contributed by atoms with Gasteiger partial charge in [-0.1, -0.05) is 18.2 Å². The van der Waals surface area contributed by atoms with Gasteiger partial charge < -0.3 is 9.84 Å². The third-order valence-electron chi connectivity index (χ3n) is 2.96. The Hall–Kier alpha value is -1.87. The maximum Gasteiger partial charge on any atom is 0.123 e. The van der Waals surface area contributed by atoms with E-state index in [4.69, 9.17) is 4.74 Å². The molecule has 0 aromatic heterocycles. The summed E-state index contributed by atoms with van der Waals surface area (Å²) in [5, 5.41) is 9.49. The molecule has 0 radical (unpaired) electrons. The van der Waals surface area contributed by atoms with Crippen LogP contribution in [0.15, 0.2) is 42.5 Å². The second-order valence-corrected chi connectivity index (χ2v) is 4.62. The zero-order valence-corrected chi connectivity index (χ0v) is 11.1. The average molecular weight is 260 g/mol. The number of rotatable bonds is 4. The Labute approximate surface area is 112 Å². The van der Waals surface area contributed by atoms with E-state index in [2.05, 4.69) is 0 Å². The molecule has 0 spiro atoms. The van der Waals surface area contributed by atoms with E-state index in [1.54, 1.807) is 13.0 Å². The molecule has 1 unspecified atom stereocenters. The summed E-state index contributed by atoms with van der Waals surface area (Å²) in [4.78, 5) is 0. The van der Waals surface area contributed by atoms with Gasteiger partial charge in [0, 0.05) is 0 Å². The van der Waals surface area contributed by atoms with Crippen molar-refractivity contribution in [2.24, 2.45) is 0 Å². The van der Waals surface area contributed by atoms with E-state index in [1.807, 2.05) is 31.2 Å². The highest BCUT2D eigenvalue weighted by molar-refractivity contribution is 5.37. The third kappa shape index (κ3) is 3.55. The molecular weight excluding hydrogens is 243 g/mol. The number of aliphatic hydroxyl groups is 1. The molecule has 0 saturated carbocycles. The Morgan fingerprint density at radius 3 is 2.63 bits per heavy atom. The Balaban J connectivity index is 2.07. The highest BCUT2D eigenvalue weighted by Gasteiger charge is 2.05. The van der Waals surface area contributed by atoms with Crippen molar-refractivity contribution in [3.8, 4) is 5.75 Å². The minimum atomic E-state index is -0.490. The second kappa shape index (κ2) is 5.85. The molecule has 100 valence electrons. The Morgan fingerprint density at radius 1 is 1.21 bits per heavy atom. The lowest BCUT2D eigenvalue weighted by Crippen LogP contribution is -1.99. The van der Waals surface area contributed by atoms with E-state index in [0.29, 0.717) is 6.61 Å². The smallest absolute Gasteiger partial charge is 0.123 e. The van der Waals surface area contributed by atoms with Crippen LogP contribution < -0.4 is 4.74 Å². The van der Waals surface area contributed by atoms with Gasteiger partial charge in [-0.05, 0) is 54.8 Å². The first-order valence-corrected chi connectivity index (χ1v) is 6.22. The van der Waals surface area contributed by atoms with Crippen LogP contribution in [0, 0.1) is 12.7 Å². The molecule has 2 rings (SSSR count). The standard InChI is InChI=1S/C16H17FO2/c1-11-8-14(12(2)18)6-7-16(11)19-10-13-4-3-5-15(17)9-13/h3-9,12,18H,10H2,1-2H3. The van der Waals surface area contributed by atoms with E-state index < -0.39 is 6.10 Å². The van der Waals surface area contributed by atoms with Crippen LogP contribution in [0.1, 0.15) is 29.7 Å². The number of benzene rings is 2. The van der Waals surface area contributed by atoms with E-state index in [9.17, 15) is 9.50 Å².